The van der Waals surface area contributed by atoms with Crippen molar-refractivity contribution in [2.75, 3.05) is 13.7 Å². The van der Waals surface area contributed by atoms with Crippen LogP contribution in [-0.4, -0.2) is 38.9 Å². The van der Waals surface area contributed by atoms with Crippen LogP contribution in [0.15, 0.2) is 71.8 Å². The number of benzene rings is 2. The summed E-state index contributed by atoms with van der Waals surface area (Å²) in [6, 6.07) is 16.3. The van der Waals surface area contributed by atoms with E-state index in [1.807, 2.05) is 37.3 Å². The normalized spacial score (nSPS) is 11.1. The summed E-state index contributed by atoms with van der Waals surface area (Å²) in [5.74, 6) is 0.375. The number of methoxy groups -OCH3 is 1. The smallest absolute Gasteiger partial charge is 0.338 e. The molecule has 0 N–H and O–H groups in total. The van der Waals surface area contributed by atoms with Crippen molar-refractivity contribution >= 4 is 22.5 Å². The second-order valence-corrected chi connectivity index (χ2v) is 7.74. The van der Waals surface area contributed by atoms with E-state index in [1.54, 1.807) is 55.2 Å². The first kappa shape index (κ1) is 21.4. The molecule has 0 saturated heterocycles. The van der Waals surface area contributed by atoms with Gasteiger partial charge in [-0.1, -0.05) is 12.1 Å². The van der Waals surface area contributed by atoms with Gasteiger partial charge in [-0.2, -0.15) is 5.10 Å². The Morgan fingerprint density at radius 1 is 1.03 bits per heavy atom. The number of hydrogen-bond donors (Lipinski definition) is 0. The molecular weight excluding hydrogens is 432 g/mol. The maximum atomic E-state index is 13.3. The Morgan fingerprint density at radius 3 is 2.44 bits per heavy atom. The van der Waals surface area contributed by atoms with Crippen molar-refractivity contribution in [3.8, 4) is 22.6 Å². The number of carbonyl (C=O) groups is 1. The fraction of sp³-hybridized carbons (Fsp3) is 0.154. The van der Waals surface area contributed by atoms with Gasteiger partial charge in [0, 0.05) is 23.6 Å². The number of pyridine rings is 1. The highest BCUT2D eigenvalue weighted by molar-refractivity contribution is 5.90. The number of rotatable bonds is 5. The molecule has 0 fully saturated rings. The van der Waals surface area contributed by atoms with Gasteiger partial charge in [0.15, 0.2) is 5.65 Å². The Balaban J connectivity index is 1.60. The molecular formula is C26H22N4O4. The lowest BCUT2D eigenvalue weighted by Gasteiger charge is -2.09. The van der Waals surface area contributed by atoms with E-state index in [-0.39, 0.29) is 5.56 Å². The van der Waals surface area contributed by atoms with Crippen molar-refractivity contribution in [2.24, 2.45) is 0 Å². The van der Waals surface area contributed by atoms with E-state index in [0.29, 0.717) is 34.4 Å². The number of nitrogens with zero attached hydrogens (tertiary/aromatic N) is 4. The van der Waals surface area contributed by atoms with E-state index in [1.165, 1.54) is 4.57 Å². The molecule has 8 heteroatoms. The summed E-state index contributed by atoms with van der Waals surface area (Å²) in [6.45, 7) is 3.98. The van der Waals surface area contributed by atoms with E-state index in [9.17, 15) is 9.59 Å². The van der Waals surface area contributed by atoms with Gasteiger partial charge in [-0.25, -0.2) is 14.3 Å². The van der Waals surface area contributed by atoms with Gasteiger partial charge in [0.25, 0.3) is 5.56 Å². The summed E-state index contributed by atoms with van der Waals surface area (Å²) in [4.78, 5) is 29.8. The summed E-state index contributed by atoms with van der Waals surface area (Å²) in [6.07, 6.45) is 3.29. The van der Waals surface area contributed by atoms with Gasteiger partial charge in [-0.05, 0) is 61.9 Å². The maximum absolute atomic E-state index is 13.3. The van der Waals surface area contributed by atoms with Gasteiger partial charge in [0.1, 0.15) is 5.75 Å². The zero-order chi connectivity index (χ0) is 23.8. The Morgan fingerprint density at radius 2 is 1.76 bits per heavy atom. The monoisotopic (exact) mass is 454 g/mol. The van der Waals surface area contributed by atoms with Crippen molar-refractivity contribution in [1.82, 2.24) is 19.2 Å². The second-order valence-electron chi connectivity index (χ2n) is 7.74. The lowest BCUT2D eigenvalue weighted by atomic mass is 10.1. The lowest BCUT2D eigenvalue weighted by Crippen LogP contribution is -2.19. The van der Waals surface area contributed by atoms with Gasteiger partial charge < -0.3 is 9.47 Å². The molecule has 0 aliphatic carbocycles. The van der Waals surface area contributed by atoms with Crippen LogP contribution in [-0.2, 0) is 4.74 Å². The molecule has 0 amide bonds. The van der Waals surface area contributed by atoms with Crippen LogP contribution in [0, 0.1) is 6.92 Å². The molecule has 0 unspecified atom stereocenters. The highest BCUT2D eigenvalue weighted by Gasteiger charge is 2.17. The van der Waals surface area contributed by atoms with E-state index in [4.69, 9.17) is 9.47 Å². The third-order valence-electron chi connectivity index (χ3n) is 5.72. The molecule has 5 rings (SSSR count). The number of hydrogen-bond acceptors (Lipinski definition) is 6. The summed E-state index contributed by atoms with van der Waals surface area (Å²) in [5, 5.41) is 5.11. The topological polar surface area (TPSA) is 87.7 Å². The molecule has 0 aliphatic rings. The molecule has 34 heavy (non-hydrogen) atoms. The third kappa shape index (κ3) is 3.49. The molecule has 0 saturated carbocycles. The van der Waals surface area contributed by atoms with Crippen molar-refractivity contribution in [3.05, 3.63) is 88.6 Å². The Hall–Kier alpha value is -4.46. The lowest BCUT2D eigenvalue weighted by molar-refractivity contribution is 0.0526. The average Bonchev–Trinajstić information content (AvgIpc) is 3.21. The molecule has 3 heterocycles. The molecule has 5 aromatic rings. The molecule has 0 aliphatic heterocycles. The standard InChI is InChI=1S/C26H22N4O4/c1-4-34-26(32)18-5-9-19(10-6-18)29-14-13-22-21(25(29)31)15-27-24-23(16(2)28-30(22)24)17-7-11-20(33-3)12-8-17/h5-15H,4H2,1-3H3. The number of carbonyl (C=O) groups excluding carboxylic acids is 1. The minimum atomic E-state index is -0.395. The fourth-order valence-electron chi connectivity index (χ4n) is 4.05. The van der Waals surface area contributed by atoms with Gasteiger partial charge in [-0.3, -0.25) is 9.36 Å². The Bertz CT molecular complexity index is 1580. The minimum Gasteiger partial charge on any atom is -0.497 e. The minimum absolute atomic E-state index is 0.227. The summed E-state index contributed by atoms with van der Waals surface area (Å²) >= 11 is 0. The van der Waals surface area contributed by atoms with Crippen LogP contribution in [0.4, 0.5) is 0 Å². The largest absolute Gasteiger partial charge is 0.497 e. The van der Waals surface area contributed by atoms with E-state index in [0.717, 1.165) is 22.6 Å². The van der Waals surface area contributed by atoms with Gasteiger partial charge in [-0.15, -0.1) is 0 Å². The maximum Gasteiger partial charge on any atom is 0.338 e. The predicted molar refractivity (Wildman–Crippen MR) is 129 cm³/mol. The van der Waals surface area contributed by atoms with E-state index < -0.39 is 5.97 Å². The molecule has 0 spiro atoms. The average molecular weight is 454 g/mol. The summed E-state index contributed by atoms with van der Waals surface area (Å²) < 4.78 is 13.5. The molecule has 0 radical (unpaired) electrons. The van der Waals surface area contributed by atoms with Gasteiger partial charge in [0.05, 0.1) is 35.9 Å². The van der Waals surface area contributed by atoms with Crippen LogP contribution in [0.25, 0.3) is 33.4 Å². The summed E-state index contributed by atoms with van der Waals surface area (Å²) in [7, 11) is 1.63. The number of fused-ring (bicyclic) bond motifs is 3. The Labute approximate surface area is 195 Å². The first-order valence-corrected chi connectivity index (χ1v) is 10.8. The number of aromatic nitrogens is 4. The van der Waals surface area contributed by atoms with Crippen molar-refractivity contribution in [3.63, 3.8) is 0 Å². The number of esters is 1. The number of ether oxygens (including phenoxy) is 2. The predicted octanol–water partition coefficient (Wildman–Crippen LogP) is 4.19. The molecule has 3 aromatic heterocycles. The first-order valence-electron chi connectivity index (χ1n) is 10.8. The zero-order valence-electron chi connectivity index (χ0n) is 19.0. The SMILES string of the molecule is CCOC(=O)c1ccc(-n2ccc3c(cnc4c(-c5ccc(OC)cc5)c(C)nn43)c2=O)cc1. The molecule has 170 valence electrons. The zero-order valence-corrected chi connectivity index (χ0v) is 19.0. The van der Waals surface area contributed by atoms with E-state index in [2.05, 4.69) is 10.1 Å². The van der Waals surface area contributed by atoms with Crippen molar-refractivity contribution < 1.29 is 14.3 Å². The quantitative estimate of drug-likeness (QED) is 0.370. The van der Waals surface area contributed by atoms with Crippen LogP contribution in [0.2, 0.25) is 0 Å². The fourth-order valence-corrected chi connectivity index (χ4v) is 4.05. The van der Waals surface area contributed by atoms with Crippen LogP contribution in [0.1, 0.15) is 23.0 Å². The van der Waals surface area contributed by atoms with Gasteiger partial charge in [0.2, 0.25) is 0 Å². The van der Waals surface area contributed by atoms with Crippen LogP contribution < -0.4 is 10.3 Å². The highest BCUT2D eigenvalue weighted by Crippen LogP contribution is 2.30. The van der Waals surface area contributed by atoms with Crippen molar-refractivity contribution in [1.29, 1.82) is 0 Å². The van der Waals surface area contributed by atoms with Crippen LogP contribution >= 0.6 is 0 Å². The molecule has 0 bridgehead atoms. The highest BCUT2D eigenvalue weighted by atomic mass is 16.5. The van der Waals surface area contributed by atoms with Crippen LogP contribution in [0.5, 0.6) is 5.75 Å². The second kappa shape index (κ2) is 8.47. The molecule has 2 aromatic carbocycles. The molecule has 0 atom stereocenters. The Kier molecular flexibility index (Phi) is 5.33. The van der Waals surface area contributed by atoms with Crippen LogP contribution in [0.3, 0.4) is 0 Å². The van der Waals surface area contributed by atoms with Crippen molar-refractivity contribution in [2.45, 2.75) is 13.8 Å². The third-order valence-corrected chi connectivity index (χ3v) is 5.72. The molecule has 8 nitrogen and oxygen atoms in total. The number of aryl methyl sites for hydroxylation is 1. The van der Waals surface area contributed by atoms with E-state index >= 15 is 0 Å². The van der Waals surface area contributed by atoms with Gasteiger partial charge >= 0.3 is 5.97 Å². The summed E-state index contributed by atoms with van der Waals surface area (Å²) in [5.41, 5.74) is 4.86. The first-order chi connectivity index (χ1) is 16.5.